The lowest BCUT2D eigenvalue weighted by Gasteiger charge is -2.06. The molecule has 112 valence electrons. The Morgan fingerprint density at radius 3 is 2.64 bits per heavy atom. The number of nitrogens with one attached hydrogen (secondary N) is 1. The number of non-ortho nitro benzene ring substituents is 1. The third-order valence-corrected chi connectivity index (χ3v) is 2.62. The summed E-state index contributed by atoms with van der Waals surface area (Å²) in [6.07, 6.45) is 1.54. The normalized spacial score (nSPS) is 10.4. The molecule has 22 heavy (non-hydrogen) atoms. The molecule has 2 aromatic carbocycles. The number of ether oxygens (including phenoxy) is 1. The zero-order valence-corrected chi connectivity index (χ0v) is 12.1. The van der Waals surface area contributed by atoms with E-state index in [1.807, 2.05) is 6.07 Å². The van der Waals surface area contributed by atoms with Gasteiger partial charge in [0.1, 0.15) is 11.5 Å². The Bertz CT molecular complexity index is 716. The highest BCUT2D eigenvalue weighted by molar-refractivity contribution is 7.80. The van der Waals surface area contributed by atoms with Crippen LogP contribution in [-0.4, -0.2) is 16.3 Å². The molecule has 0 aliphatic rings. The average Bonchev–Trinajstić information content (AvgIpc) is 2.48. The Labute approximate surface area is 131 Å². The van der Waals surface area contributed by atoms with Crippen LogP contribution >= 0.6 is 12.2 Å². The molecule has 2 aromatic rings. The SMILES string of the molecule is NC(=S)NN=Cc1cccc(Oc2ccc([N+](=O)[O-])cc2)c1. The van der Waals surface area contributed by atoms with Gasteiger partial charge in [0.2, 0.25) is 0 Å². The first-order valence-electron chi connectivity index (χ1n) is 6.15. The number of rotatable bonds is 5. The maximum atomic E-state index is 10.6. The minimum absolute atomic E-state index is 0.0112. The molecule has 0 atom stereocenters. The van der Waals surface area contributed by atoms with Crippen molar-refractivity contribution >= 4 is 29.2 Å². The van der Waals surface area contributed by atoms with Crippen LogP contribution < -0.4 is 15.9 Å². The van der Waals surface area contributed by atoms with Crippen molar-refractivity contribution in [2.75, 3.05) is 0 Å². The molecule has 2 rings (SSSR count). The fourth-order valence-corrected chi connectivity index (χ4v) is 1.65. The monoisotopic (exact) mass is 316 g/mol. The van der Waals surface area contributed by atoms with Crippen molar-refractivity contribution in [3.8, 4) is 11.5 Å². The second kappa shape index (κ2) is 7.14. The van der Waals surface area contributed by atoms with Crippen molar-refractivity contribution in [2.24, 2.45) is 10.8 Å². The molecule has 0 aliphatic heterocycles. The van der Waals surface area contributed by atoms with E-state index < -0.39 is 4.92 Å². The molecule has 0 aromatic heterocycles. The summed E-state index contributed by atoms with van der Waals surface area (Å²) < 4.78 is 5.63. The zero-order chi connectivity index (χ0) is 15.9. The van der Waals surface area contributed by atoms with Crippen LogP contribution in [0, 0.1) is 10.1 Å². The summed E-state index contributed by atoms with van der Waals surface area (Å²) in [5.74, 6) is 1.08. The van der Waals surface area contributed by atoms with Gasteiger partial charge in [-0.1, -0.05) is 12.1 Å². The predicted molar refractivity (Wildman–Crippen MR) is 87.1 cm³/mol. The van der Waals surface area contributed by atoms with Crippen LogP contribution in [0.5, 0.6) is 11.5 Å². The lowest BCUT2D eigenvalue weighted by atomic mass is 10.2. The van der Waals surface area contributed by atoms with Crippen molar-refractivity contribution in [3.63, 3.8) is 0 Å². The molecule has 0 radical (unpaired) electrons. The molecule has 0 bridgehead atoms. The Hall–Kier alpha value is -3.00. The number of hydrazone groups is 1. The van der Waals surface area contributed by atoms with Gasteiger partial charge in [-0.25, -0.2) is 0 Å². The Morgan fingerprint density at radius 1 is 1.27 bits per heavy atom. The molecule has 0 fully saturated rings. The number of nitrogens with zero attached hydrogens (tertiary/aromatic N) is 2. The molecule has 0 heterocycles. The highest BCUT2D eigenvalue weighted by Gasteiger charge is 2.05. The Morgan fingerprint density at radius 2 is 2.00 bits per heavy atom. The molecule has 0 aliphatic carbocycles. The van der Waals surface area contributed by atoms with Crippen molar-refractivity contribution in [1.29, 1.82) is 0 Å². The molecule has 3 N–H and O–H groups in total. The Kier molecular flexibility index (Phi) is 4.99. The van der Waals surface area contributed by atoms with Gasteiger partial charge in [0.25, 0.3) is 5.69 Å². The van der Waals surface area contributed by atoms with Gasteiger partial charge in [0.05, 0.1) is 11.1 Å². The fraction of sp³-hybridized carbons (Fsp3) is 0. The van der Waals surface area contributed by atoms with Crippen LogP contribution in [0.2, 0.25) is 0 Å². The standard InChI is InChI=1S/C14H12N4O3S/c15-14(22)17-16-9-10-2-1-3-13(8-10)21-12-6-4-11(5-7-12)18(19)20/h1-9H,(H3,15,17,22). The maximum absolute atomic E-state index is 10.6. The maximum Gasteiger partial charge on any atom is 0.269 e. The fourth-order valence-electron chi connectivity index (χ4n) is 1.60. The third-order valence-electron chi connectivity index (χ3n) is 2.53. The number of hydrogen-bond donors (Lipinski definition) is 2. The van der Waals surface area contributed by atoms with E-state index >= 15 is 0 Å². The highest BCUT2D eigenvalue weighted by Crippen LogP contribution is 2.24. The lowest BCUT2D eigenvalue weighted by molar-refractivity contribution is -0.384. The van der Waals surface area contributed by atoms with E-state index in [0.29, 0.717) is 11.5 Å². The van der Waals surface area contributed by atoms with E-state index in [1.165, 1.54) is 24.3 Å². The van der Waals surface area contributed by atoms with Gasteiger partial charge in [-0.2, -0.15) is 5.10 Å². The van der Waals surface area contributed by atoms with Crippen molar-refractivity contribution in [2.45, 2.75) is 0 Å². The summed E-state index contributed by atoms with van der Waals surface area (Å²) >= 11 is 4.63. The first kappa shape index (κ1) is 15.4. The summed E-state index contributed by atoms with van der Waals surface area (Å²) in [6, 6.07) is 13.0. The Balaban J connectivity index is 2.08. The van der Waals surface area contributed by atoms with Crippen LogP contribution in [0.25, 0.3) is 0 Å². The second-order valence-corrected chi connectivity index (χ2v) is 4.60. The quantitative estimate of drug-likeness (QED) is 0.380. The topological polar surface area (TPSA) is 103 Å². The first-order chi connectivity index (χ1) is 10.5. The van der Waals surface area contributed by atoms with E-state index in [1.54, 1.807) is 24.4 Å². The summed E-state index contributed by atoms with van der Waals surface area (Å²) in [5, 5.41) is 14.5. The van der Waals surface area contributed by atoms with Crippen molar-refractivity contribution in [3.05, 3.63) is 64.2 Å². The van der Waals surface area contributed by atoms with Crippen LogP contribution in [0.3, 0.4) is 0 Å². The smallest absolute Gasteiger partial charge is 0.269 e. The number of nitro benzene ring substituents is 1. The summed E-state index contributed by atoms with van der Waals surface area (Å²) in [6.45, 7) is 0. The number of thiocarbonyl (C=S) groups is 1. The number of nitro groups is 1. The third kappa shape index (κ3) is 4.53. The van der Waals surface area contributed by atoms with Crippen LogP contribution in [-0.2, 0) is 0 Å². The lowest BCUT2D eigenvalue weighted by Crippen LogP contribution is -2.23. The van der Waals surface area contributed by atoms with Gasteiger partial charge >= 0.3 is 0 Å². The molecule has 0 unspecified atom stereocenters. The largest absolute Gasteiger partial charge is 0.457 e. The van der Waals surface area contributed by atoms with Gasteiger partial charge in [-0.05, 0) is 42.0 Å². The zero-order valence-electron chi connectivity index (χ0n) is 11.3. The van der Waals surface area contributed by atoms with E-state index in [9.17, 15) is 10.1 Å². The molecular weight excluding hydrogens is 304 g/mol. The van der Waals surface area contributed by atoms with E-state index in [2.05, 4.69) is 22.7 Å². The highest BCUT2D eigenvalue weighted by atomic mass is 32.1. The van der Waals surface area contributed by atoms with Crippen molar-refractivity contribution < 1.29 is 9.66 Å². The predicted octanol–water partition coefficient (Wildman–Crippen LogP) is 2.55. The second-order valence-electron chi connectivity index (χ2n) is 4.16. The van der Waals surface area contributed by atoms with Gasteiger partial charge in [-0.3, -0.25) is 15.5 Å². The summed E-state index contributed by atoms with van der Waals surface area (Å²) in [7, 11) is 0. The first-order valence-corrected chi connectivity index (χ1v) is 6.56. The van der Waals surface area contributed by atoms with Crippen molar-refractivity contribution in [1.82, 2.24) is 5.43 Å². The molecular formula is C14H12N4O3S. The average molecular weight is 316 g/mol. The minimum Gasteiger partial charge on any atom is -0.457 e. The number of nitrogens with two attached hydrogens (primary N) is 1. The molecule has 0 amide bonds. The molecule has 0 saturated carbocycles. The van der Waals surface area contributed by atoms with Gasteiger partial charge in [-0.15, -0.1) is 0 Å². The van der Waals surface area contributed by atoms with Crippen LogP contribution in [0.4, 0.5) is 5.69 Å². The summed E-state index contributed by atoms with van der Waals surface area (Å²) in [4.78, 5) is 10.1. The molecule has 8 heteroatoms. The number of hydrogen-bond acceptors (Lipinski definition) is 5. The molecule has 0 spiro atoms. The van der Waals surface area contributed by atoms with E-state index in [4.69, 9.17) is 10.5 Å². The molecule has 0 saturated heterocycles. The van der Waals surface area contributed by atoms with E-state index in [0.717, 1.165) is 5.56 Å². The van der Waals surface area contributed by atoms with Gasteiger partial charge < -0.3 is 10.5 Å². The molecule has 7 nitrogen and oxygen atoms in total. The van der Waals surface area contributed by atoms with Gasteiger partial charge in [0, 0.05) is 12.1 Å². The minimum atomic E-state index is -0.463. The van der Waals surface area contributed by atoms with Gasteiger partial charge in [0.15, 0.2) is 5.11 Å². The summed E-state index contributed by atoms with van der Waals surface area (Å²) in [5.41, 5.74) is 8.50. The van der Waals surface area contributed by atoms with Crippen LogP contribution in [0.1, 0.15) is 5.56 Å². The van der Waals surface area contributed by atoms with Crippen LogP contribution in [0.15, 0.2) is 53.6 Å². The number of benzene rings is 2. The van der Waals surface area contributed by atoms with E-state index in [-0.39, 0.29) is 10.8 Å².